The van der Waals surface area contributed by atoms with Crippen LogP contribution in [0.2, 0.25) is 0 Å². The van der Waals surface area contributed by atoms with Crippen molar-refractivity contribution in [3.8, 4) is 0 Å². The van der Waals surface area contributed by atoms with E-state index < -0.39 is 0 Å². The van der Waals surface area contributed by atoms with E-state index in [-0.39, 0.29) is 0 Å². The van der Waals surface area contributed by atoms with Crippen molar-refractivity contribution >= 4 is 0 Å². The van der Waals surface area contributed by atoms with Crippen LogP contribution in [0.3, 0.4) is 0 Å². The molecule has 0 radical (unpaired) electrons. The molecule has 1 aliphatic carbocycles. The Bertz CT molecular complexity index is 68.9. The quantitative estimate of drug-likeness (QED) is 0.539. The third kappa shape index (κ3) is 1.46. The first-order chi connectivity index (χ1) is 3.84. The molecule has 48 valence electrons. The number of rotatable bonds is 3. The molecule has 0 aromatic carbocycles. The minimum Gasteiger partial charge on any atom is -0.326 e. The molecule has 0 heterocycles. The summed E-state index contributed by atoms with van der Waals surface area (Å²) in [5, 5.41) is 3.06. The van der Waals surface area contributed by atoms with Gasteiger partial charge in [-0.15, -0.1) is 0 Å². The summed E-state index contributed by atoms with van der Waals surface area (Å²) in [6.07, 6.45) is 2.70. The zero-order chi connectivity index (χ0) is 5.98. The lowest BCUT2D eigenvalue weighted by Crippen LogP contribution is -2.33. The van der Waals surface area contributed by atoms with E-state index in [4.69, 9.17) is 5.73 Å². The first-order valence-electron chi connectivity index (χ1n) is 3.24. The van der Waals surface area contributed by atoms with Crippen LogP contribution in [-0.4, -0.2) is 19.6 Å². The molecule has 1 atom stereocenters. The Morgan fingerprint density at radius 3 is 2.75 bits per heavy atom. The minimum atomic E-state index is 0.417. The van der Waals surface area contributed by atoms with Gasteiger partial charge in [0.25, 0.3) is 0 Å². The molecule has 1 saturated carbocycles. The van der Waals surface area contributed by atoms with Gasteiger partial charge in [0, 0.05) is 12.6 Å². The van der Waals surface area contributed by atoms with Crippen LogP contribution in [0.5, 0.6) is 0 Å². The van der Waals surface area contributed by atoms with Crippen molar-refractivity contribution in [3.05, 3.63) is 0 Å². The van der Waals surface area contributed by atoms with Crippen LogP contribution in [0.1, 0.15) is 12.8 Å². The summed E-state index contributed by atoms with van der Waals surface area (Å²) >= 11 is 0. The second-order valence-electron chi connectivity index (χ2n) is 2.56. The average molecular weight is 114 g/mol. The highest BCUT2D eigenvalue weighted by atomic mass is 14.9. The number of hydrogen-bond donors (Lipinski definition) is 2. The standard InChI is InChI=1S/C6H14N2/c1-8-4-6(7)5-2-3-5/h5-6,8H,2-4,7H2,1H3. The Balaban J connectivity index is 2.03. The maximum atomic E-state index is 5.73. The lowest BCUT2D eigenvalue weighted by Gasteiger charge is -2.06. The smallest absolute Gasteiger partial charge is 0.0193 e. The summed E-state index contributed by atoms with van der Waals surface area (Å²) < 4.78 is 0. The number of likely N-dealkylation sites (N-methyl/N-ethyl adjacent to an activating group) is 1. The number of nitrogens with two attached hydrogens (primary N) is 1. The number of nitrogens with one attached hydrogen (secondary N) is 1. The largest absolute Gasteiger partial charge is 0.326 e. The molecule has 0 spiro atoms. The molecule has 2 heteroatoms. The van der Waals surface area contributed by atoms with Gasteiger partial charge in [-0.3, -0.25) is 0 Å². The van der Waals surface area contributed by atoms with E-state index in [1.807, 2.05) is 7.05 Å². The van der Waals surface area contributed by atoms with Gasteiger partial charge in [0.05, 0.1) is 0 Å². The van der Waals surface area contributed by atoms with Crippen LogP contribution < -0.4 is 11.1 Å². The van der Waals surface area contributed by atoms with Crippen molar-refractivity contribution < 1.29 is 0 Å². The second kappa shape index (κ2) is 2.46. The van der Waals surface area contributed by atoms with Crippen molar-refractivity contribution in [2.24, 2.45) is 11.7 Å². The molecule has 1 aliphatic rings. The van der Waals surface area contributed by atoms with Gasteiger partial charge < -0.3 is 11.1 Å². The fourth-order valence-corrected chi connectivity index (χ4v) is 0.927. The topological polar surface area (TPSA) is 38.0 Å². The normalized spacial score (nSPS) is 23.2. The first-order valence-corrected chi connectivity index (χ1v) is 3.24. The fraction of sp³-hybridized carbons (Fsp3) is 1.00. The van der Waals surface area contributed by atoms with Crippen molar-refractivity contribution in [2.45, 2.75) is 18.9 Å². The van der Waals surface area contributed by atoms with Crippen molar-refractivity contribution in [3.63, 3.8) is 0 Å². The molecule has 8 heavy (non-hydrogen) atoms. The maximum absolute atomic E-state index is 5.73. The summed E-state index contributed by atoms with van der Waals surface area (Å²) in [5.74, 6) is 0.836. The molecule has 0 aromatic heterocycles. The van der Waals surface area contributed by atoms with Gasteiger partial charge in [0.1, 0.15) is 0 Å². The van der Waals surface area contributed by atoms with Crippen LogP contribution in [0.15, 0.2) is 0 Å². The maximum Gasteiger partial charge on any atom is 0.0193 e. The highest BCUT2D eigenvalue weighted by Crippen LogP contribution is 2.30. The van der Waals surface area contributed by atoms with Gasteiger partial charge in [-0.2, -0.15) is 0 Å². The molecule has 0 saturated heterocycles. The van der Waals surface area contributed by atoms with Gasteiger partial charge in [-0.1, -0.05) is 0 Å². The molecule has 2 nitrogen and oxygen atoms in total. The molecular weight excluding hydrogens is 100 g/mol. The zero-order valence-corrected chi connectivity index (χ0v) is 5.35. The fourth-order valence-electron chi connectivity index (χ4n) is 0.927. The summed E-state index contributed by atoms with van der Waals surface area (Å²) in [6, 6.07) is 0.417. The monoisotopic (exact) mass is 114 g/mol. The molecular formula is C6H14N2. The van der Waals surface area contributed by atoms with Crippen LogP contribution in [0.25, 0.3) is 0 Å². The van der Waals surface area contributed by atoms with Crippen LogP contribution in [0, 0.1) is 5.92 Å². The van der Waals surface area contributed by atoms with Gasteiger partial charge in [0.2, 0.25) is 0 Å². The molecule has 3 N–H and O–H groups in total. The van der Waals surface area contributed by atoms with Crippen LogP contribution in [0.4, 0.5) is 0 Å². The molecule has 1 unspecified atom stereocenters. The van der Waals surface area contributed by atoms with Crippen LogP contribution >= 0.6 is 0 Å². The van der Waals surface area contributed by atoms with E-state index >= 15 is 0 Å². The van der Waals surface area contributed by atoms with E-state index in [1.165, 1.54) is 12.8 Å². The van der Waals surface area contributed by atoms with Crippen molar-refractivity contribution in [1.29, 1.82) is 0 Å². The van der Waals surface area contributed by atoms with Gasteiger partial charge >= 0.3 is 0 Å². The van der Waals surface area contributed by atoms with E-state index in [9.17, 15) is 0 Å². The van der Waals surface area contributed by atoms with Crippen LogP contribution in [-0.2, 0) is 0 Å². The predicted molar refractivity (Wildman–Crippen MR) is 34.6 cm³/mol. The van der Waals surface area contributed by atoms with Crippen molar-refractivity contribution in [2.75, 3.05) is 13.6 Å². The Labute approximate surface area is 50.4 Å². The minimum absolute atomic E-state index is 0.417. The highest BCUT2D eigenvalue weighted by Gasteiger charge is 2.27. The zero-order valence-electron chi connectivity index (χ0n) is 5.35. The summed E-state index contributed by atoms with van der Waals surface area (Å²) in [6.45, 7) is 0.977. The summed E-state index contributed by atoms with van der Waals surface area (Å²) in [7, 11) is 1.95. The highest BCUT2D eigenvalue weighted by molar-refractivity contribution is 4.84. The van der Waals surface area contributed by atoms with Gasteiger partial charge in [0.15, 0.2) is 0 Å². The molecule has 0 amide bonds. The Morgan fingerprint density at radius 1 is 1.75 bits per heavy atom. The first kappa shape index (κ1) is 6.05. The van der Waals surface area contributed by atoms with Gasteiger partial charge in [-0.05, 0) is 25.8 Å². The van der Waals surface area contributed by atoms with E-state index in [2.05, 4.69) is 5.32 Å². The number of hydrogen-bond acceptors (Lipinski definition) is 2. The van der Waals surface area contributed by atoms with Gasteiger partial charge in [-0.25, -0.2) is 0 Å². The summed E-state index contributed by atoms with van der Waals surface area (Å²) in [5.41, 5.74) is 5.73. The Hall–Kier alpha value is -0.0800. The third-order valence-electron chi connectivity index (χ3n) is 1.67. The Kier molecular flexibility index (Phi) is 1.86. The lowest BCUT2D eigenvalue weighted by molar-refractivity contribution is 0.559. The van der Waals surface area contributed by atoms with Crippen molar-refractivity contribution in [1.82, 2.24) is 5.32 Å². The molecule has 0 aliphatic heterocycles. The third-order valence-corrected chi connectivity index (χ3v) is 1.67. The van der Waals surface area contributed by atoms with E-state index in [0.717, 1.165) is 12.5 Å². The molecule has 1 fully saturated rings. The predicted octanol–water partition coefficient (Wildman–Crippen LogP) is -0.0569. The molecule has 1 rings (SSSR count). The Morgan fingerprint density at radius 2 is 2.38 bits per heavy atom. The average Bonchev–Trinajstić information content (AvgIpc) is 2.45. The lowest BCUT2D eigenvalue weighted by atomic mass is 10.2. The molecule has 0 aromatic rings. The molecule has 0 bridgehead atoms. The van der Waals surface area contributed by atoms with E-state index in [0.29, 0.717) is 6.04 Å². The second-order valence-corrected chi connectivity index (χ2v) is 2.56. The SMILES string of the molecule is CNCC(N)C1CC1. The summed E-state index contributed by atoms with van der Waals surface area (Å²) in [4.78, 5) is 0. The van der Waals surface area contributed by atoms with E-state index in [1.54, 1.807) is 0 Å².